The number of likely N-dealkylation sites (N-methyl/N-ethyl adjacent to an activating group) is 1. The molecule has 3 amide bonds. The van der Waals surface area contributed by atoms with Crippen LogP contribution in [0.2, 0.25) is 0 Å². The molecule has 0 fully saturated rings. The van der Waals surface area contributed by atoms with Crippen LogP contribution in [0.25, 0.3) is 0 Å². The van der Waals surface area contributed by atoms with Gasteiger partial charge in [-0.3, -0.25) is 9.69 Å². The van der Waals surface area contributed by atoms with Gasteiger partial charge in [-0.15, -0.1) is 0 Å². The van der Waals surface area contributed by atoms with E-state index < -0.39 is 6.04 Å². The number of rotatable bonds is 5. The summed E-state index contributed by atoms with van der Waals surface area (Å²) in [6.07, 6.45) is 0. The lowest BCUT2D eigenvalue weighted by molar-refractivity contribution is -0.127. The van der Waals surface area contributed by atoms with Gasteiger partial charge in [0.2, 0.25) is 0 Å². The number of hydrogen-bond acceptors (Lipinski definition) is 3. The van der Waals surface area contributed by atoms with Crippen LogP contribution in [0.5, 0.6) is 5.75 Å². The Morgan fingerprint density at radius 2 is 1.79 bits per heavy atom. The lowest BCUT2D eigenvalue weighted by Gasteiger charge is -2.31. The Labute approximate surface area is 170 Å². The van der Waals surface area contributed by atoms with Crippen molar-refractivity contribution >= 4 is 11.9 Å². The molecule has 0 aliphatic carbocycles. The number of ether oxygens (including phenoxy) is 1. The third-order valence-electron chi connectivity index (χ3n) is 5.66. The molecule has 2 aliphatic rings. The molecule has 4 rings (SSSR count). The van der Waals surface area contributed by atoms with Crippen LogP contribution in [0.15, 0.2) is 65.9 Å². The summed E-state index contributed by atoms with van der Waals surface area (Å²) in [5, 5.41) is 2.98. The van der Waals surface area contributed by atoms with E-state index in [1.165, 1.54) is 0 Å². The highest BCUT2D eigenvalue weighted by molar-refractivity contribution is 6.01. The Morgan fingerprint density at radius 3 is 2.45 bits per heavy atom. The van der Waals surface area contributed by atoms with Crippen LogP contribution < -0.4 is 10.1 Å². The van der Waals surface area contributed by atoms with Gasteiger partial charge >= 0.3 is 6.03 Å². The normalized spacial score (nSPS) is 19.9. The SMILES string of the molecule is CCOc1ccc(C2NC(=O)N(C)C3=C2C(=O)N(C(C)c2ccccc2)C3)cc1. The van der Waals surface area contributed by atoms with Gasteiger partial charge in [-0.2, -0.15) is 0 Å². The van der Waals surface area contributed by atoms with Crippen LogP contribution in [0.1, 0.15) is 37.1 Å². The van der Waals surface area contributed by atoms with Crippen molar-refractivity contribution in [1.29, 1.82) is 0 Å². The van der Waals surface area contributed by atoms with E-state index in [0.29, 0.717) is 18.7 Å². The molecule has 6 nitrogen and oxygen atoms in total. The first kappa shape index (κ1) is 19.1. The van der Waals surface area contributed by atoms with Crippen LogP contribution in [0.4, 0.5) is 4.79 Å². The standard InChI is InChI=1S/C23H25N3O3/c1-4-29-18-12-10-17(11-13-18)21-20-19(25(3)23(28)24-21)14-26(22(20)27)15(2)16-8-6-5-7-9-16/h5-13,15,21H,4,14H2,1-3H3,(H,24,28). The molecule has 0 aromatic heterocycles. The highest BCUT2D eigenvalue weighted by Gasteiger charge is 2.44. The zero-order valence-electron chi connectivity index (χ0n) is 16.9. The molecular weight excluding hydrogens is 366 g/mol. The molecule has 0 saturated carbocycles. The monoisotopic (exact) mass is 391 g/mol. The lowest BCUT2D eigenvalue weighted by Crippen LogP contribution is -2.45. The predicted octanol–water partition coefficient (Wildman–Crippen LogP) is 3.64. The highest BCUT2D eigenvalue weighted by Crippen LogP contribution is 2.39. The van der Waals surface area contributed by atoms with Crippen LogP contribution in [0.3, 0.4) is 0 Å². The maximum absolute atomic E-state index is 13.4. The zero-order valence-corrected chi connectivity index (χ0v) is 16.9. The van der Waals surface area contributed by atoms with Gasteiger partial charge in [0.05, 0.1) is 36.5 Å². The van der Waals surface area contributed by atoms with Crippen molar-refractivity contribution in [2.75, 3.05) is 20.2 Å². The topological polar surface area (TPSA) is 61.9 Å². The average Bonchev–Trinajstić information content (AvgIpc) is 3.09. The van der Waals surface area contributed by atoms with Gasteiger partial charge in [0.25, 0.3) is 5.91 Å². The first-order valence-electron chi connectivity index (χ1n) is 9.87. The Bertz CT molecular complexity index is 953. The summed E-state index contributed by atoms with van der Waals surface area (Å²) in [5.41, 5.74) is 3.34. The van der Waals surface area contributed by atoms with Crippen molar-refractivity contribution in [2.24, 2.45) is 0 Å². The summed E-state index contributed by atoms with van der Waals surface area (Å²) in [5.74, 6) is 0.726. The number of carbonyl (C=O) groups is 2. The van der Waals surface area contributed by atoms with E-state index in [2.05, 4.69) is 5.32 Å². The quantitative estimate of drug-likeness (QED) is 0.847. The molecule has 29 heavy (non-hydrogen) atoms. The Balaban J connectivity index is 1.67. The van der Waals surface area contributed by atoms with Crippen molar-refractivity contribution in [1.82, 2.24) is 15.1 Å². The van der Waals surface area contributed by atoms with Gasteiger partial charge in [-0.1, -0.05) is 42.5 Å². The molecule has 2 heterocycles. The molecule has 2 unspecified atom stereocenters. The first-order valence-corrected chi connectivity index (χ1v) is 9.87. The fraction of sp³-hybridized carbons (Fsp3) is 0.304. The van der Waals surface area contributed by atoms with Crippen LogP contribution in [-0.4, -0.2) is 41.9 Å². The van der Waals surface area contributed by atoms with Crippen LogP contribution >= 0.6 is 0 Å². The molecule has 0 spiro atoms. The maximum atomic E-state index is 13.4. The molecular formula is C23H25N3O3. The van der Waals surface area contributed by atoms with Crippen molar-refractivity contribution in [3.05, 3.63) is 77.0 Å². The number of nitrogens with one attached hydrogen (secondary N) is 1. The molecule has 0 radical (unpaired) electrons. The molecule has 6 heteroatoms. The van der Waals surface area contributed by atoms with E-state index in [4.69, 9.17) is 4.74 Å². The molecule has 2 atom stereocenters. The minimum atomic E-state index is -0.468. The number of hydrogen-bond donors (Lipinski definition) is 1. The number of benzene rings is 2. The second-order valence-corrected chi connectivity index (χ2v) is 7.32. The summed E-state index contributed by atoms with van der Waals surface area (Å²) in [6, 6.07) is 16.7. The lowest BCUT2D eigenvalue weighted by atomic mass is 9.95. The Morgan fingerprint density at radius 1 is 1.10 bits per heavy atom. The van der Waals surface area contributed by atoms with E-state index in [1.54, 1.807) is 11.9 Å². The second kappa shape index (κ2) is 7.62. The Hall–Kier alpha value is -3.28. The minimum absolute atomic E-state index is 0.0397. The number of urea groups is 1. The average molecular weight is 391 g/mol. The fourth-order valence-corrected chi connectivity index (χ4v) is 3.99. The zero-order chi connectivity index (χ0) is 20.5. The second-order valence-electron chi connectivity index (χ2n) is 7.32. The third kappa shape index (κ3) is 3.35. The highest BCUT2D eigenvalue weighted by atomic mass is 16.5. The summed E-state index contributed by atoms with van der Waals surface area (Å²) in [6.45, 7) is 4.96. The Kier molecular flexibility index (Phi) is 5.01. The molecule has 1 N–H and O–H groups in total. The largest absolute Gasteiger partial charge is 0.494 e. The molecule has 2 aromatic rings. The summed E-state index contributed by atoms with van der Waals surface area (Å²) < 4.78 is 5.51. The minimum Gasteiger partial charge on any atom is -0.494 e. The van der Waals surface area contributed by atoms with Gasteiger partial charge in [-0.25, -0.2) is 4.79 Å². The summed E-state index contributed by atoms with van der Waals surface area (Å²) in [4.78, 5) is 29.4. The summed E-state index contributed by atoms with van der Waals surface area (Å²) >= 11 is 0. The van der Waals surface area contributed by atoms with Crippen molar-refractivity contribution < 1.29 is 14.3 Å². The van der Waals surface area contributed by atoms with E-state index in [9.17, 15) is 9.59 Å². The van der Waals surface area contributed by atoms with Crippen molar-refractivity contribution in [2.45, 2.75) is 25.9 Å². The number of nitrogens with zero attached hydrogens (tertiary/aromatic N) is 2. The van der Waals surface area contributed by atoms with Gasteiger partial charge in [0, 0.05) is 7.05 Å². The van der Waals surface area contributed by atoms with E-state index in [0.717, 1.165) is 22.6 Å². The van der Waals surface area contributed by atoms with E-state index >= 15 is 0 Å². The number of carbonyl (C=O) groups excluding carboxylic acids is 2. The van der Waals surface area contributed by atoms with Gasteiger partial charge in [0.15, 0.2) is 0 Å². The van der Waals surface area contributed by atoms with Crippen molar-refractivity contribution in [3.63, 3.8) is 0 Å². The van der Waals surface area contributed by atoms with E-state index in [-0.39, 0.29) is 18.0 Å². The molecule has 2 aliphatic heterocycles. The van der Waals surface area contributed by atoms with Crippen LogP contribution in [-0.2, 0) is 4.79 Å². The third-order valence-corrected chi connectivity index (χ3v) is 5.66. The van der Waals surface area contributed by atoms with Crippen molar-refractivity contribution in [3.8, 4) is 5.75 Å². The smallest absolute Gasteiger partial charge is 0.322 e. The molecule has 2 aromatic carbocycles. The molecule has 0 saturated heterocycles. The first-order chi connectivity index (χ1) is 14.0. The van der Waals surface area contributed by atoms with Gasteiger partial charge in [0.1, 0.15) is 5.75 Å². The van der Waals surface area contributed by atoms with Crippen LogP contribution in [0, 0.1) is 0 Å². The van der Waals surface area contributed by atoms with E-state index in [1.807, 2.05) is 73.3 Å². The molecule has 0 bridgehead atoms. The maximum Gasteiger partial charge on any atom is 0.322 e. The van der Waals surface area contributed by atoms with Gasteiger partial charge in [-0.05, 0) is 37.1 Å². The number of amides is 3. The summed E-state index contributed by atoms with van der Waals surface area (Å²) in [7, 11) is 1.71. The van der Waals surface area contributed by atoms with Gasteiger partial charge < -0.3 is 15.0 Å². The fourth-order valence-electron chi connectivity index (χ4n) is 3.99. The predicted molar refractivity (Wildman–Crippen MR) is 110 cm³/mol. The molecule has 150 valence electrons.